The number of alkyl halides is 1. The molecule has 4 rings (SSSR count). The minimum absolute atomic E-state index is 0.263. The van der Waals surface area contributed by atoms with Crippen LogP contribution in [0.3, 0.4) is 0 Å². The van der Waals surface area contributed by atoms with Gasteiger partial charge in [-0.15, -0.1) is 0 Å². The minimum Gasteiger partial charge on any atom is -0.497 e. The molecule has 1 aromatic carbocycles. The fraction of sp³-hybridized carbons (Fsp3) is 0.636. The average molecular weight is 419 g/mol. The van der Waals surface area contributed by atoms with Gasteiger partial charge in [0.15, 0.2) is 0 Å². The minimum atomic E-state index is -1.18. The molecular weight excluding hydrogens is 389 g/mol. The van der Waals surface area contributed by atoms with Gasteiger partial charge in [-0.25, -0.2) is 9.18 Å². The Kier molecular flexibility index (Phi) is 5.05. The van der Waals surface area contributed by atoms with E-state index in [2.05, 4.69) is 10.6 Å². The molecule has 1 saturated carbocycles. The van der Waals surface area contributed by atoms with Crippen molar-refractivity contribution < 1.29 is 23.8 Å². The first kappa shape index (κ1) is 21.1. The van der Waals surface area contributed by atoms with E-state index in [9.17, 15) is 19.1 Å². The molecular formula is C22H30FN3O4. The van der Waals surface area contributed by atoms with Crippen LogP contribution in [0.15, 0.2) is 18.2 Å². The lowest BCUT2D eigenvalue weighted by Gasteiger charge is -2.62. The largest absolute Gasteiger partial charge is 0.497 e. The van der Waals surface area contributed by atoms with Gasteiger partial charge in [-0.3, -0.25) is 15.0 Å². The monoisotopic (exact) mass is 419 g/mol. The van der Waals surface area contributed by atoms with E-state index in [-0.39, 0.29) is 24.9 Å². The molecule has 3 amide bonds. The number of likely N-dealkylation sites (tertiary alicyclic amines) is 1. The number of aliphatic hydroxyl groups is 1. The molecule has 3 aliphatic rings. The molecule has 4 atom stereocenters. The maximum atomic E-state index is 13.2. The van der Waals surface area contributed by atoms with Gasteiger partial charge in [0.25, 0.3) is 5.91 Å². The lowest BCUT2D eigenvalue weighted by atomic mass is 9.49. The van der Waals surface area contributed by atoms with Gasteiger partial charge in [-0.05, 0) is 69.3 Å². The molecule has 7 nitrogen and oxygen atoms in total. The number of benzene rings is 1. The standard InChI is InChI=1S/C22H30FN3O4/c1-14-4-5-16(30-3)12-17(14)20-8-10-26(11-9-23)15(2)22(20,29)7-6-21(13-20)18(27)24-19(28)25-21/h4-5,12,15,29H,6-11,13H2,1-3H3,(H2,24,25,27,28)/t15-,20-,21+,22-/m1/s1. The van der Waals surface area contributed by atoms with E-state index in [1.807, 2.05) is 36.9 Å². The Labute approximate surface area is 176 Å². The fourth-order valence-electron chi connectivity index (χ4n) is 6.09. The number of ether oxygens (including phenoxy) is 1. The van der Waals surface area contributed by atoms with Crippen molar-refractivity contribution in [2.45, 2.75) is 62.1 Å². The second-order valence-electron chi connectivity index (χ2n) is 9.01. The van der Waals surface area contributed by atoms with Crippen LogP contribution in [0.4, 0.5) is 9.18 Å². The Balaban J connectivity index is 1.88. The lowest BCUT2D eigenvalue weighted by molar-refractivity contribution is -0.170. The number of nitrogens with zero attached hydrogens (tertiary/aromatic N) is 1. The zero-order valence-electron chi connectivity index (χ0n) is 17.8. The van der Waals surface area contributed by atoms with Crippen molar-refractivity contribution in [2.24, 2.45) is 0 Å². The summed E-state index contributed by atoms with van der Waals surface area (Å²) < 4.78 is 18.6. The number of imide groups is 1. The van der Waals surface area contributed by atoms with Crippen LogP contribution < -0.4 is 15.4 Å². The number of nitrogens with one attached hydrogen (secondary N) is 2. The SMILES string of the molecule is COc1ccc(C)c([C@]23CCN(CCF)[C@H](C)[C@]2(O)CC[C@@]2(C3)NC(=O)NC2=O)c1. The molecule has 2 aliphatic heterocycles. The van der Waals surface area contributed by atoms with Gasteiger partial charge < -0.3 is 15.2 Å². The first-order chi connectivity index (χ1) is 14.2. The number of hydrogen-bond donors (Lipinski definition) is 3. The number of carbonyl (C=O) groups is 2. The topological polar surface area (TPSA) is 90.9 Å². The molecule has 0 bridgehead atoms. The van der Waals surface area contributed by atoms with Crippen molar-refractivity contribution in [2.75, 3.05) is 26.9 Å². The number of halogens is 1. The van der Waals surface area contributed by atoms with Crippen molar-refractivity contribution in [3.8, 4) is 5.75 Å². The molecule has 3 N–H and O–H groups in total. The summed E-state index contributed by atoms with van der Waals surface area (Å²) >= 11 is 0. The van der Waals surface area contributed by atoms with Gasteiger partial charge in [0.05, 0.1) is 12.7 Å². The third kappa shape index (κ3) is 2.84. The van der Waals surface area contributed by atoms with E-state index >= 15 is 0 Å². The number of carbonyl (C=O) groups excluding carboxylic acids is 2. The number of hydrogen-bond acceptors (Lipinski definition) is 5. The van der Waals surface area contributed by atoms with Crippen LogP contribution in [0.2, 0.25) is 0 Å². The predicted molar refractivity (Wildman–Crippen MR) is 109 cm³/mol. The van der Waals surface area contributed by atoms with E-state index < -0.39 is 29.3 Å². The third-order valence-corrected chi connectivity index (χ3v) is 7.78. The highest BCUT2D eigenvalue weighted by Gasteiger charge is 2.66. The van der Waals surface area contributed by atoms with Crippen LogP contribution >= 0.6 is 0 Å². The summed E-state index contributed by atoms with van der Waals surface area (Å²) in [6.07, 6.45) is 1.49. The molecule has 8 heteroatoms. The lowest BCUT2D eigenvalue weighted by Crippen LogP contribution is -2.73. The molecule has 2 heterocycles. The fourth-order valence-corrected chi connectivity index (χ4v) is 6.09. The highest BCUT2D eigenvalue weighted by atomic mass is 19.1. The highest BCUT2D eigenvalue weighted by Crippen LogP contribution is 2.57. The smallest absolute Gasteiger partial charge is 0.322 e. The summed E-state index contributed by atoms with van der Waals surface area (Å²) in [5.74, 6) is 0.332. The van der Waals surface area contributed by atoms with E-state index in [0.29, 0.717) is 31.6 Å². The summed E-state index contributed by atoms with van der Waals surface area (Å²) in [6.45, 7) is 4.30. The summed E-state index contributed by atoms with van der Waals surface area (Å²) in [7, 11) is 1.60. The number of aryl methyl sites for hydroxylation is 1. The number of amides is 3. The van der Waals surface area contributed by atoms with Crippen LogP contribution in [-0.2, 0) is 10.2 Å². The first-order valence-electron chi connectivity index (χ1n) is 10.5. The summed E-state index contributed by atoms with van der Waals surface area (Å²) in [4.78, 5) is 26.8. The Bertz CT molecular complexity index is 880. The third-order valence-electron chi connectivity index (χ3n) is 7.78. The van der Waals surface area contributed by atoms with Gasteiger partial charge in [0, 0.05) is 18.0 Å². The van der Waals surface area contributed by atoms with Gasteiger partial charge in [-0.2, -0.15) is 0 Å². The highest BCUT2D eigenvalue weighted by molar-refractivity contribution is 6.07. The molecule has 1 spiro atoms. The normalized spacial score (nSPS) is 36.4. The maximum absolute atomic E-state index is 13.2. The Morgan fingerprint density at radius 3 is 2.70 bits per heavy atom. The van der Waals surface area contributed by atoms with Crippen molar-refractivity contribution in [1.29, 1.82) is 0 Å². The molecule has 0 unspecified atom stereocenters. The van der Waals surface area contributed by atoms with Crippen molar-refractivity contribution in [3.63, 3.8) is 0 Å². The van der Waals surface area contributed by atoms with Gasteiger partial charge in [0.1, 0.15) is 18.0 Å². The second-order valence-corrected chi connectivity index (χ2v) is 9.01. The molecule has 0 radical (unpaired) electrons. The zero-order valence-corrected chi connectivity index (χ0v) is 17.8. The Hall–Kier alpha value is -2.19. The molecule has 1 aromatic rings. The summed E-state index contributed by atoms with van der Waals surface area (Å²) in [5, 5.41) is 17.4. The molecule has 2 saturated heterocycles. The zero-order chi connectivity index (χ0) is 21.7. The number of rotatable bonds is 4. The van der Waals surface area contributed by atoms with Crippen molar-refractivity contribution >= 4 is 11.9 Å². The molecule has 164 valence electrons. The number of piperidine rings is 1. The quantitative estimate of drug-likeness (QED) is 0.648. The maximum Gasteiger partial charge on any atom is 0.322 e. The summed E-state index contributed by atoms with van der Waals surface area (Å²) in [5.41, 5.74) is -1.12. The predicted octanol–water partition coefficient (Wildman–Crippen LogP) is 1.80. The second kappa shape index (κ2) is 7.20. The van der Waals surface area contributed by atoms with E-state index in [1.165, 1.54) is 0 Å². The molecule has 0 aromatic heterocycles. The Morgan fingerprint density at radius 1 is 1.30 bits per heavy atom. The van der Waals surface area contributed by atoms with Gasteiger partial charge in [0.2, 0.25) is 0 Å². The first-order valence-corrected chi connectivity index (χ1v) is 10.5. The molecule has 30 heavy (non-hydrogen) atoms. The van der Waals surface area contributed by atoms with Crippen LogP contribution in [-0.4, -0.2) is 66.0 Å². The van der Waals surface area contributed by atoms with Crippen LogP contribution in [0.25, 0.3) is 0 Å². The van der Waals surface area contributed by atoms with Crippen LogP contribution in [0, 0.1) is 6.92 Å². The average Bonchev–Trinajstić information content (AvgIpc) is 2.99. The number of urea groups is 1. The van der Waals surface area contributed by atoms with Crippen molar-refractivity contribution in [1.82, 2.24) is 15.5 Å². The number of fused-ring (bicyclic) bond motifs is 1. The van der Waals surface area contributed by atoms with E-state index in [4.69, 9.17) is 4.74 Å². The molecule has 3 fully saturated rings. The van der Waals surface area contributed by atoms with E-state index in [1.54, 1.807) is 7.11 Å². The van der Waals surface area contributed by atoms with Crippen LogP contribution in [0.5, 0.6) is 5.75 Å². The number of methoxy groups -OCH3 is 1. The van der Waals surface area contributed by atoms with Crippen molar-refractivity contribution in [3.05, 3.63) is 29.3 Å². The van der Waals surface area contributed by atoms with Gasteiger partial charge in [-0.1, -0.05) is 6.07 Å². The van der Waals surface area contributed by atoms with Crippen LogP contribution in [0.1, 0.15) is 43.7 Å². The van der Waals surface area contributed by atoms with Gasteiger partial charge >= 0.3 is 6.03 Å². The molecule has 1 aliphatic carbocycles. The Morgan fingerprint density at radius 2 is 2.07 bits per heavy atom. The summed E-state index contributed by atoms with van der Waals surface area (Å²) in [6, 6.07) is 4.97. The van der Waals surface area contributed by atoms with E-state index in [0.717, 1.165) is 11.1 Å².